The van der Waals surface area contributed by atoms with Crippen molar-refractivity contribution in [3.05, 3.63) is 29.3 Å². The summed E-state index contributed by atoms with van der Waals surface area (Å²) in [5.74, 6) is 0.408. The van der Waals surface area contributed by atoms with Crippen LogP contribution in [0.5, 0.6) is 5.75 Å². The number of aromatic hydroxyl groups is 1. The minimum absolute atomic E-state index is 0. The lowest BCUT2D eigenvalue weighted by Gasteiger charge is -2.14. The van der Waals surface area contributed by atoms with Crippen molar-refractivity contribution in [1.82, 2.24) is 0 Å². The van der Waals surface area contributed by atoms with Crippen LogP contribution in [0.4, 0.5) is 0 Å². The SMILES string of the molecule is Br.Oc1ccc2c(c1)CCCC2. The molecule has 66 valence electrons. The summed E-state index contributed by atoms with van der Waals surface area (Å²) in [6.45, 7) is 0. The highest BCUT2D eigenvalue weighted by Crippen LogP contribution is 2.24. The molecular weight excluding hydrogens is 216 g/mol. The maximum Gasteiger partial charge on any atom is 0.115 e. The summed E-state index contributed by atoms with van der Waals surface area (Å²) in [6, 6.07) is 5.72. The van der Waals surface area contributed by atoms with Crippen molar-refractivity contribution < 1.29 is 5.11 Å². The number of hydrogen-bond donors (Lipinski definition) is 1. The fourth-order valence-corrected chi connectivity index (χ4v) is 1.72. The van der Waals surface area contributed by atoms with Crippen LogP contribution in [-0.4, -0.2) is 5.11 Å². The first-order valence-corrected chi connectivity index (χ1v) is 4.17. The van der Waals surface area contributed by atoms with Crippen LogP contribution in [-0.2, 0) is 12.8 Å². The van der Waals surface area contributed by atoms with Gasteiger partial charge in [0.15, 0.2) is 0 Å². The van der Waals surface area contributed by atoms with Crippen LogP contribution in [0, 0.1) is 0 Å². The summed E-state index contributed by atoms with van der Waals surface area (Å²) in [5.41, 5.74) is 2.77. The molecule has 1 aliphatic carbocycles. The molecule has 2 rings (SSSR count). The molecular formula is C10H13BrO. The lowest BCUT2D eigenvalue weighted by Crippen LogP contribution is -2.01. The number of rotatable bonds is 0. The Hall–Kier alpha value is -0.500. The van der Waals surface area contributed by atoms with Gasteiger partial charge in [0, 0.05) is 0 Å². The molecule has 0 saturated heterocycles. The van der Waals surface area contributed by atoms with Gasteiger partial charge >= 0.3 is 0 Å². The van der Waals surface area contributed by atoms with Crippen LogP contribution in [0.2, 0.25) is 0 Å². The van der Waals surface area contributed by atoms with E-state index < -0.39 is 0 Å². The summed E-state index contributed by atoms with van der Waals surface area (Å²) in [5, 5.41) is 9.19. The Morgan fingerprint density at radius 2 is 1.67 bits per heavy atom. The molecule has 2 heteroatoms. The molecule has 0 fully saturated rings. The predicted molar refractivity (Wildman–Crippen MR) is 55.1 cm³/mol. The second-order valence-corrected chi connectivity index (χ2v) is 3.16. The van der Waals surface area contributed by atoms with Crippen LogP contribution in [0.25, 0.3) is 0 Å². The lowest BCUT2D eigenvalue weighted by molar-refractivity contribution is 0.473. The molecule has 12 heavy (non-hydrogen) atoms. The fourth-order valence-electron chi connectivity index (χ4n) is 1.72. The number of hydrogen-bond acceptors (Lipinski definition) is 1. The molecule has 0 atom stereocenters. The second-order valence-electron chi connectivity index (χ2n) is 3.16. The topological polar surface area (TPSA) is 20.2 Å². The van der Waals surface area contributed by atoms with E-state index in [-0.39, 0.29) is 17.0 Å². The van der Waals surface area contributed by atoms with Crippen molar-refractivity contribution in [2.75, 3.05) is 0 Å². The third-order valence-corrected chi connectivity index (χ3v) is 2.33. The largest absolute Gasteiger partial charge is 0.508 e. The molecule has 1 N–H and O–H groups in total. The number of fused-ring (bicyclic) bond motifs is 1. The van der Waals surface area contributed by atoms with E-state index in [0.717, 1.165) is 6.42 Å². The van der Waals surface area contributed by atoms with E-state index in [0.29, 0.717) is 5.75 Å². The van der Waals surface area contributed by atoms with Crippen LogP contribution < -0.4 is 0 Å². The number of phenolic OH excluding ortho intramolecular Hbond substituents is 1. The Morgan fingerprint density at radius 3 is 2.42 bits per heavy atom. The molecule has 1 aliphatic rings. The van der Waals surface area contributed by atoms with E-state index in [9.17, 15) is 5.11 Å². The molecule has 0 amide bonds. The maximum atomic E-state index is 9.19. The van der Waals surface area contributed by atoms with Crippen molar-refractivity contribution in [3.8, 4) is 5.75 Å². The lowest BCUT2D eigenvalue weighted by atomic mass is 9.92. The Kier molecular flexibility index (Phi) is 3.15. The Labute approximate surface area is 83.2 Å². The van der Waals surface area contributed by atoms with Crippen molar-refractivity contribution in [2.45, 2.75) is 25.7 Å². The van der Waals surface area contributed by atoms with Crippen LogP contribution in [0.3, 0.4) is 0 Å². The first-order chi connectivity index (χ1) is 5.36. The third kappa shape index (κ3) is 1.81. The molecule has 0 saturated carbocycles. The summed E-state index contributed by atoms with van der Waals surface area (Å²) < 4.78 is 0. The van der Waals surface area contributed by atoms with E-state index in [2.05, 4.69) is 0 Å². The van der Waals surface area contributed by atoms with Gasteiger partial charge in [-0.05, 0) is 48.9 Å². The average Bonchev–Trinajstić information content (AvgIpc) is 2.04. The van der Waals surface area contributed by atoms with Crippen LogP contribution in [0.15, 0.2) is 18.2 Å². The van der Waals surface area contributed by atoms with Crippen molar-refractivity contribution in [3.63, 3.8) is 0 Å². The zero-order valence-electron chi connectivity index (χ0n) is 6.92. The van der Waals surface area contributed by atoms with Crippen LogP contribution >= 0.6 is 17.0 Å². The van der Waals surface area contributed by atoms with Gasteiger partial charge in [0.1, 0.15) is 5.75 Å². The highest BCUT2D eigenvalue weighted by Gasteiger charge is 2.08. The summed E-state index contributed by atoms with van der Waals surface area (Å²) in [7, 11) is 0. The highest BCUT2D eigenvalue weighted by atomic mass is 79.9. The maximum absolute atomic E-state index is 9.19. The Morgan fingerprint density at radius 1 is 1.00 bits per heavy atom. The molecule has 1 aromatic rings. The molecule has 0 bridgehead atoms. The van der Waals surface area contributed by atoms with Gasteiger partial charge in [-0.3, -0.25) is 0 Å². The number of halogens is 1. The number of aryl methyl sites for hydroxylation is 2. The van der Waals surface area contributed by atoms with Gasteiger partial charge in [0.25, 0.3) is 0 Å². The van der Waals surface area contributed by atoms with E-state index in [4.69, 9.17) is 0 Å². The summed E-state index contributed by atoms with van der Waals surface area (Å²) in [4.78, 5) is 0. The standard InChI is InChI=1S/C10H12O.BrH/c11-10-6-5-8-3-1-2-4-9(8)7-10;/h5-7,11H,1-4H2;1H. The molecule has 0 unspecified atom stereocenters. The molecule has 0 spiro atoms. The quantitative estimate of drug-likeness (QED) is 0.725. The second kappa shape index (κ2) is 3.94. The van der Waals surface area contributed by atoms with Gasteiger partial charge in [0.2, 0.25) is 0 Å². The van der Waals surface area contributed by atoms with E-state index in [1.807, 2.05) is 12.1 Å². The van der Waals surface area contributed by atoms with Gasteiger partial charge in [-0.1, -0.05) is 6.07 Å². The monoisotopic (exact) mass is 228 g/mol. The summed E-state index contributed by atoms with van der Waals surface area (Å²) in [6.07, 6.45) is 4.91. The number of benzene rings is 1. The van der Waals surface area contributed by atoms with Gasteiger partial charge in [-0.15, -0.1) is 17.0 Å². The normalized spacial score (nSPS) is 14.7. The molecule has 1 nitrogen and oxygen atoms in total. The molecule has 0 radical (unpaired) electrons. The average molecular weight is 229 g/mol. The molecule has 1 aromatic carbocycles. The fraction of sp³-hybridized carbons (Fsp3) is 0.400. The third-order valence-electron chi connectivity index (χ3n) is 2.33. The Bertz CT molecular complexity index is 271. The number of phenols is 1. The van der Waals surface area contributed by atoms with Crippen molar-refractivity contribution >= 4 is 17.0 Å². The molecule has 0 aliphatic heterocycles. The first-order valence-electron chi connectivity index (χ1n) is 4.17. The van der Waals surface area contributed by atoms with Crippen molar-refractivity contribution in [2.24, 2.45) is 0 Å². The van der Waals surface area contributed by atoms with E-state index >= 15 is 0 Å². The predicted octanol–water partition coefficient (Wildman–Crippen LogP) is 2.85. The minimum atomic E-state index is 0. The smallest absolute Gasteiger partial charge is 0.115 e. The zero-order valence-corrected chi connectivity index (χ0v) is 8.63. The highest BCUT2D eigenvalue weighted by molar-refractivity contribution is 8.93. The van der Waals surface area contributed by atoms with Crippen LogP contribution in [0.1, 0.15) is 24.0 Å². The first kappa shape index (κ1) is 9.59. The Balaban J connectivity index is 0.000000720. The van der Waals surface area contributed by atoms with Gasteiger partial charge in [-0.2, -0.15) is 0 Å². The summed E-state index contributed by atoms with van der Waals surface area (Å²) >= 11 is 0. The zero-order chi connectivity index (χ0) is 7.68. The minimum Gasteiger partial charge on any atom is -0.508 e. The van der Waals surface area contributed by atoms with E-state index in [1.54, 1.807) is 6.07 Å². The van der Waals surface area contributed by atoms with Crippen molar-refractivity contribution in [1.29, 1.82) is 0 Å². The van der Waals surface area contributed by atoms with Gasteiger partial charge in [-0.25, -0.2) is 0 Å². The molecule has 0 aromatic heterocycles. The van der Waals surface area contributed by atoms with Gasteiger partial charge in [0.05, 0.1) is 0 Å². The van der Waals surface area contributed by atoms with Gasteiger partial charge < -0.3 is 5.11 Å². The van der Waals surface area contributed by atoms with E-state index in [1.165, 1.54) is 30.4 Å². The molecule has 0 heterocycles.